The van der Waals surface area contributed by atoms with Crippen molar-refractivity contribution in [2.75, 3.05) is 13.1 Å². The van der Waals surface area contributed by atoms with Crippen LogP contribution in [-0.4, -0.2) is 32.6 Å². The highest BCUT2D eigenvalue weighted by molar-refractivity contribution is 5.77. The summed E-state index contributed by atoms with van der Waals surface area (Å²) < 4.78 is 2.26. The Morgan fingerprint density at radius 2 is 2.15 bits per heavy atom. The second-order valence-electron chi connectivity index (χ2n) is 5.04. The highest BCUT2D eigenvalue weighted by atomic mass is 15.2. The van der Waals surface area contributed by atoms with Gasteiger partial charge < -0.3 is 9.88 Å². The summed E-state index contributed by atoms with van der Waals surface area (Å²) in [6.45, 7) is 2.01. The topological polar surface area (TPSA) is 55.6 Å². The molecule has 1 aliphatic heterocycles. The van der Waals surface area contributed by atoms with Crippen LogP contribution < -0.4 is 5.32 Å². The number of nitrogens with one attached hydrogen (secondary N) is 1. The van der Waals surface area contributed by atoms with E-state index in [1.54, 1.807) is 6.20 Å². The van der Waals surface area contributed by atoms with Gasteiger partial charge in [-0.05, 0) is 37.2 Å². The molecule has 1 atom stereocenters. The number of imidazole rings is 1. The molecule has 0 saturated carbocycles. The largest absolute Gasteiger partial charge is 0.315 e. The summed E-state index contributed by atoms with van der Waals surface area (Å²) in [5.74, 6) is 0.959. The van der Waals surface area contributed by atoms with Crippen molar-refractivity contribution in [3.05, 3.63) is 42.9 Å². The van der Waals surface area contributed by atoms with Crippen molar-refractivity contribution in [2.24, 2.45) is 0 Å². The zero-order valence-corrected chi connectivity index (χ0v) is 11.0. The molecule has 4 heterocycles. The summed E-state index contributed by atoms with van der Waals surface area (Å²) in [7, 11) is 0. The predicted molar refractivity (Wildman–Crippen MR) is 77.3 cm³/mol. The Hall–Kier alpha value is -2.27. The molecule has 100 valence electrons. The molecule has 0 aromatic carbocycles. The molecule has 1 unspecified atom stereocenters. The lowest BCUT2D eigenvalue weighted by Crippen LogP contribution is -2.14. The number of nitrogens with zero attached hydrogens (tertiary/aromatic N) is 4. The van der Waals surface area contributed by atoms with Crippen LogP contribution in [0.2, 0.25) is 0 Å². The quantitative estimate of drug-likeness (QED) is 0.770. The van der Waals surface area contributed by atoms with Crippen molar-refractivity contribution in [1.82, 2.24) is 24.8 Å². The van der Waals surface area contributed by atoms with E-state index in [4.69, 9.17) is 4.98 Å². The molecule has 1 aliphatic rings. The number of pyridine rings is 2. The molecule has 20 heavy (non-hydrogen) atoms. The van der Waals surface area contributed by atoms with Crippen molar-refractivity contribution in [3.63, 3.8) is 0 Å². The number of hydrogen-bond acceptors (Lipinski definition) is 4. The van der Waals surface area contributed by atoms with E-state index in [1.165, 1.54) is 0 Å². The maximum atomic E-state index is 4.76. The molecule has 5 nitrogen and oxygen atoms in total. The maximum absolute atomic E-state index is 4.76. The van der Waals surface area contributed by atoms with Crippen LogP contribution >= 0.6 is 0 Å². The molecule has 0 spiro atoms. The summed E-state index contributed by atoms with van der Waals surface area (Å²) in [5.41, 5.74) is 2.94. The lowest BCUT2D eigenvalue weighted by Gasteiger charge is -2.14. The molecular weight excluding hydrogens is 250 g/mol. The molecule has 1 fully saturated rings. The summed E-state index contributed by atoms with van der Waals surface area (Å²) in [6.07, 6.45) is 6.58. The van der Waals surface area contributed by atoms with Gasteiger partial charge >= 0.3 is 0 Å². The molecule has 3 aromatic rings. The first-order chi connectivity index (χ1) is 9.93. The van der Waals surface area contributed by atoms with Crippen molar-refractivity contribution in [2.45, 2.75) is 12.5 Å². The molecule has 0 aliphatic carbocycles. The molecule has 0 amide bonds. The van der Waals surface area contributed by atoms with Gasteiger partial charge in [-0.1, -0.05) is 0 Å². The van der Waals surface area contributed by atoms with E-state index >= 15 is 0 Å². The summed E-state index contributed by atoms with van der Waals surface area (Å²) in [6, 6.07) is 8.35. The molecule has 4 rings (SSSR count). The maximum Gasteiger partial charge on any atom is 0.160 e. The fourth-order valence-corrected chi connectivity index (χ4v) is 2.83. The van der Waals surface area contributed by atoms with Crippen LogP contribution in [0.25, 0.3) is 22.6 Å². The van der Waals surface area contributed by atoms with E-state index in [-0.39, 0.29) is 0 Å². The number of hydrogen-bond donors (Lipinski definition) is 1. The van der Waals surface area contributed by atoms with Crippen LogP contribution in [0.3, 0.4) is 0 Å². The van der Waals surface area contributed by atoms with Crippen molar-refractivity contribution >= 4 is 11.2 Å². The zero-order chi connectivity index (χ0) is 13.4. The van der Waals surface area contributed by atoms with Crippen LogP contribution in [0.5, 0.6) is 0 Å². The first-order valence-electron chi connectivity index (χ1n) is 6.87. The highest BCUT2D eigenvalue weighted by Crippen LogP contribution is 2.29. The fraction of sp³-hybridized carbons (Fsp3) is 0.267. The average Bonchev–Trinajstić information content (AvgIpc) is 3.14. The fourth-order valence-electron chi connectivity index (χ4n) is 2.83. The van der Waals surface area contributed by atoms with Crippen LogP contribution in [0.4, 0.5) is 0 Å². The summed E-state index contributed by atoms with van der Waals surface area (Å²) in [5, 5.41) is 3.41. The number of aromatic nitrogens is 4. The summed E-state index contributed by atoms with van der Waals surface area (Å²) >= 11 is 0. The van der Waals surface area contributed by atoms with Crippen LogP contribution in [0.15, 0.2) is 42.9 Å². The minimum Gasteiger partial charge on any atom is -0.315 e. The standard InChI is InChI=1S/C15H15N5/c1-3-11(9-16-6-1)14-19-13-4-2-7-18-15(13)20(14)12-5-8-17-10-12/h1-4,6-7,9,12,17H,5,8,10H2. The SMILES string of the molecule is c1cncc(-c2nc3cccnc3n2C2CCNC2)c1. The van der Waals surface area contributed by atoms with Gasteiger partial charge in [-0.15, -0.1) is 0 Å². The molecular formula is C15H15N5. The lowest BCUT2D eigenvalue weighted by atomic mass is 10.2. The first kappa shape index (κ1) is 11.5. The zero-order valence-electron chi connectivity index (χ0n) is 11.0. The van der Waals surface area contributed by atoms with Gasteiger partial charge in [0.05, 0.1) is 6.04 Å². The van der Waals surface area contributed by atoms with Crippen molar-refractivity contribution < 1.29 is 0 Å². The predicted octanol–water partition coefficient (Wildman–Crippen LogP) is 2.03. The Morgan fingerprint density at radius 3 is 2.95 bits per heavy atom. The molecule has 3 aromatic heterocycles. The summed E-state index contributed by atoms with van der Waals surface area (Å²) in [4.78, 5) is 13.5. The van der Waals surface area contributed by atoms with Gasteiger partial charge in [0, 0.05) is 30.7 Å². The van der Waals surface area contributed by atoms with E-state index in [9.17, 15) is 0 Å². The first-order valence-corrected chi connectivity index (χ1v) is 6.87. The second kappa shape index (κ2) is 4.68. The Labute approximate surface area is 116 Å². The molecule has 0 bridgehead atoms. The van der Waals surface area contributed by atoms with E-state index in [2.05, 4.69) is 19.9 Å². The van der Waals surface area contributed by atoms with E-state index < -0.39 is 0 Å². The van der Waals surface area contributed by atoms with Crippen LogP contribution in [-0.2, 0) is 0 Å². The van der Waals surface area contributed by atoms with Gasteiger partial charge in [-0.2, -0.15) is 0 Å². The van der Waals surface area contributed by atoms with Crippen molar-refractivity contribution in [3.8, 4) is 11.4 Å². The van der Waals surface area contributed by atoms with Gasteiger partial charge in [0.2, 0.25) is 0 Å². The molecule has 5 heteroatoms. The highest BCUT2D eigenvalue weighted by Gasteiger charge is 2.23. The van der Waals surface area contributed by atoms with E-state index in [0.717, 1.165) is 42.1 Å². The molecule has 1 N–H and O–H groups in total. The van der Waals surface area contributed by atoms with Gasteiger partial charge in [-0.25, -0.2) is 9.97 Å². The monoisotopic (exact) mass is 265 g/mol. The minimum absolute atomic E-state index is 0.408. The minimum atomic E-state index is 0.408. The van der Waals surface area contributed by atoms with Crippen LogP contribution in [0, 0.1) is 0 Å². The van der Waals surface area contributed by atoms with Gasteiger partial charge in [0.25, 0.3) is 0 Å². The van der Waals surface area contributed by atoms with Crippen molar-refractivity contribution in [1.29, 1.82) is 0 Å². The number of rotatable bonds is 2. The van der Waals surface area contributed by atoms with Gasteiger partial charge in [0.1, 0.15) is 11.3 Å². The van der Waals surface area contributed by atoms with Crippen LogP contribution in [0.1, 0.15) is 12.5 Å². The molecule has 0 radical (unpaired) electrons. The van der Waals surface area contributed by atoms with Gasteiger partial charge in [0.15, 0.2) is 5.65 Å². The Bertz CT molecular complexity index is 728. The Kier molecular flexibility index (Phi) is 2.70. The third-order valence-corrected chi connectivity index (χ3v) is 3.77. The smallest absolute Gasteiger partial charge is 0.160 e. The third kappa shape index (κ3) is 1.78. The van der Waals surface area contributed by atoms with E-state index in [1.807, 2.05) is 36.7 Å². The normalized spacial score (nSPS) is 18.7. The Morgan fingerprint density at radius 1 is 1.20 bits per heavy atom. The van der Waals surface area contributed by atoms with Gasteiger partial charge in [-0.3, -0.25) is 4.98 Å². The second-order valence-corrected chi connectivity index (χ2v) is 5.04. The average molecular weight is 265 g/mol. The molecule has 1 saturated heterocycles. The number of fused-ring (bicyclic) bond motifs is 1. The van der Waals surface area contributed by atoms with E-state index in [0.29, 0.717) is 6.04 Å². The Balaban J connectivity index is 1.97. The third-order valence-electron chi connectivity index (χ3n) is 3.77. The lowest BCUT2D eigenvalue weighted by molar-refractivity contribution is 0.563.